The average Bonchev–Trinajstić information content (AvgIpc) is 3.14. The molecule has 0 radical (unpaired) electrons. The molecule has 130 valence electrons. The van der Waals surface area contributed by atoms with Gasteiger partial charge in [0.05, 0.1) is 24.9 Å². The van der Waals surface area contributed by atoms with Crippen molar-refractivity contribution >= 4 is 0 Å². The van der Waals surface area contributed by atoms with Gasteiger partial charge in [-0.25, -0.2) is 0 Å². The Morgan fingerprint density at radius 1 is 1.05 bits per heavy atom. The third-order valence-corrected chi connectivity index (χ3v) is 5.44. The molecule has 0 aromatic rings. The normalized spacial score (nSPS) is 43.6. The van der Waals surface area contributed by atoms with E-state index in [2.05, 4.69) is 27.7 Å². The molecule has 2 rings (SSSR count). The maximum absolute atomic E-state index is 9.38. The first kappa shape index (κ1) is 18.2. The second-order valence-electron chi connectivity index (χ2n) is 8.11. The molecular weight excluding hydrogens is 280 g/mol. The molecule has 0 spiro atoms. The Morgan fingerprint density at radius 2 is 1.68 bits per heavy atom. The highest BCUT2D eigenvalue weighted by molar-refractivity contribution is 5.01. The van der Waals surface area contributed by atoms with Crippen molar-refractivity contribution in [3.8, 4) is 0 Å². The molecule has 0 aromatic carbocycles. The van der Waals surface area contributed by atoms with Crippen LogP contribution in [0.15, 0.2) is 0 Å². The van der Waals surface area contributed by atoms with Gasteiger partial charge in [0, 0.05) is 5.92 Å². The van der Waals surface area contributed by atoms with Gasteiger partial charge in [-0.15, -0.1) is 0 Å². The van der Waals surface area contributed by atoms with E-state index >= 15 is 0 Å². The Morgan fingerprint density at radius 3 is 2.18 bits per heavy atom. The Kier molecular flexibility index (Phi) is 5.28. The molecule has 2 heterocycles. The molecule has 7 atom stereocenters. The van der Waals surface area contributed by atoms with Crippen LogP contribution in [0.2, 0.25) is 0 Å². The SMILES string of the molecule is CC[C@@H]1OC(C)(C)O[C@@H]([C@H](C)C[C@@H](C)[C@H]2O[C@]2(C)CO)[C@@H]1C. The van der Waals surface area contributed by atoms with Gasteiger partial charge >= 0.3 is 0 Å². The van der Waals surface area contributed by atoms with E-state index in [0.717, 1.165) is 12.8 Å². The van der Waals surface area contributed by atoms with E-state index in [1.54, 1.807) is 0 Å². The highest BCUT2D eigenvalue weighted by Gasteiger charge is 2.55. The lowest BCUT2D eigenvalue weighted by Gasteiger charge is -2.47. The van der Waals surface area contributed by atoms with Crippen LogP contribution in [0.5, 0.6) is 0 Å². The zero-order valence-electron chi connectivity index (χ0n) is 15.3. The van der Waals surface area contributed by atoms with E-state index < -0.39 is 5.79 Å². The van der Waals surface area contributed by atoms with Gasteiger partial charge in [-0.2, -0.15) is 0 Å². The van der Waals surface area contributed by atoms with Crippen molar-refractivity contribution < 1.29 is 19.3 Å². The number of rotatable bonds is 6. The number of hydrogen-bond donors (Lipinski definition) is 1. The molecule has 1 N–H and O–H groups in total. The van der Waals surface area contributed by atoms with E-state index in [-0.39, 0.29) is 30.5 Å². The summed E-state index contributed by atoms with van der Waals surface area (Å²) in [4.78, 5) is 0. The summed E-state index contributed by atoms with van der Waals surface area (Å²) in [5.41, 5.74) is -0.327. The molecule has 0 saturated carbocycles. The molecule has 0 unspecified atom stereocenters. The fourth-order valence-corrected chi connectivity index (χ4v) is 4.18. The lowest BCUT2D eigenvalue weighted by molar-refractivity contribution is -0.327. The summed E-state index contributed by atoms with van der Waals surface area (Å²) in [6, 6.07) is 0. The largest absolute Gasteiger partial charge is 0.393 e. The molecule has 22 heavy (non-hydrogen) atoms. The van der Waals surface area contributed by atoms with Crippen LogP contribution in [0, 0.1) is 17.8 Å². The predicted octanol–water partition coefficient (Wildman–Crippen LogP) is 3.36. The Labute approximate surface area is 135 Å². The summed E-state index contributed by atoms with van der Waals surface area (Å²) in [7, 11) is 0. The van der Waals surface area contributed by atoms with Gasteiger partial charge in [0.15, 0.2) is 5.79 Å². The van der Waals surface area contributed by atoms with Crippen molar-refractivity contribution in [2.75, 3.05) is 6.61 Å². The molecule has 4 nitrogen and oxygen atoms in total. The van der Waals surface area contributed by atoms with Gasteiger partial charge in [-0.3, -0.25) is 0 Å². The number of epoxide rings is 1. The molecule has 2 aliphatic rings. The maximum Gasteiger partial charge on any atom is 0.163 e. The van der Waals surface area contributed by atoms with Crippen molar-refractivity contribution in [2.24, 2.45) is 17.8 Å². The Hall–Kier alpha value is -0.160. The molecule has 2 fully saturated rings. The molecule has 0 bridgehead atoms. The van der Waals surface area contributed by atoms with E-state index in [1.165, 1.54) is 0 Å². The third kappa shape index (κ3) is 3.66. The lowest BCUT2D eigenvalue weighted by Crippen LogP contribution is -2.52. The van der Waals surface area contributed by atoms with E-state index in [4.69, 9.17) is 14.2 Å². The summed E-state index contributed by atoms with van der Waals surface area (Å²) in [5.74, 6) is 0.748. The van der Waals surface area contributed by atoms with Gasteiger partial charge in [-0.1, -0.05) is 27.7 Å². The molecule has 0 amide bonds. The standard InChI is InChI=1S/C18H34O4/c1-8-14-13(4)15(21-17(5,6)20-14)11(2)9-12(3)16-18(7,10-19)22-16/h11-16,19H,8-10H2,1-7H3/t11-,12-,13-,14+,15+,16-,18-/m1/s1. The Balaban J connectivity index is 1.97. The average molecular weight is 314 g/mol. The van der Waals surface area contributed by atoms with Crippen molar-refractivity contribution in [2.45, 2.75) is 91.0 Å². The van der Waals surface area contributed by atoms with Crippen LogP contribution in [0.3, 0.4) is 0 Å². The van der Waals surface area contributed by atoms with E-state index in [1.807, 2.05) is 20.8 Å². The van der Waals surface area contributed by atoms with Crippen LogP contribution < -0.4 is 0 Å². The minimum absolute atomic E-state index is 0.103. The molecule has 4 heteroatoms. The monoisotopic (exact) mass is 314 g/mol. The van der Waals surface area contributed by atoms with Gasteiger partial charge in [0.25, 0.3) is 0 Å². The van der Waals surface area contributed by atoms with E-state index in [9.17, 15) is 5.11 Å². The summed E-state index contributed by atoms with van der Waals surface area (Å²) >= 11 is 0. The minimum atomic E-state index is -0.509. The van der Waals surface area contributed by atoms with Crippen molar-refractivity contribution in [3.63, 3.8) is 0 Å². The molecule has 0 aliphatic carbocycles. The quantitative estimate of drug-likeness (QED) is 0.764. The minimum Gasteiger partial charge on any atom is -0.393 e. The first-order valence-corrected chi connectivity index (χ1v) is 8.78. The zero-order valence-corrected chi connectivity index (χ0v) is 15.3. The van der Waals surface area contributed by atoms with Gasteiger partial charge < -0.3 is 19.3 Å². The van der Waals surface area contributed by atoms with Crippen LogP contribution in [0.25, 0.3) is 0 Å². The summed E-state index contributed by atoms with van der Waals surface area (Å²) < 4.78 is 18.0. The van der Waals surface area contributed by atoms with Crippen LogP contribution >= 0.6 is 0 Å². The highest BCUT2D eigenvalue weighted by Crippen LogP contribution is 2.44. The smallest absolute Gasteiger partial charge is 0.163 e. The fraction of sp³-hybridized carbons (Fsp3) is 1.00. The van der Waals surface area contributed by atoms with Crippen LogP contribution in [0.4, 0.5) is 0 Å². The number of aliphatic hydroxyl groups excluding tert-OH is 1. The molecule has 2 aliphatic heterocycles. The molecule has 2 saturated heterocycles. The fourth-order valence-electron chi connectivity index (χ4n) is 4.18. The summed E-state index contributed by atoms with van der Waals surface area (Å²) in [6.45, 7) is 15.0. The second-order valence-corrected chi connectivity index (χ2v) is 8.11. The van der Waals surface area contributed by atoms with Gasteiger partial charge in [0.2, 0.25) is 0 Å². The van der Waals surface area contributed by atoms with Crippen LogP contribution in [0.1, 0.15) is 61.3 Å². The maximum atomic E-state index is 9.38. The first-order chi connectivity index (χ1) is 10.1. The zero-order chi connectivity index (χ0) is 16.7. The summed E-state index contributed by atoms with van der Waals surface area (Å²) in [6.07, 6.45) is 2.69. The topological polar surface area (TPSA) is 51.2 Å². The van der Waals surface area contributed by atoms with Gasteiger partial charge in [-0.05, 0) is 45.4 Å². The lowest BCUT2D eigenvalue weighted by atomic mass is 9.80. The number of hydrogen-bond acceptors (Lipinski definition) is 4. The third-order valence-electron chi connectivity index (χ3n) is 5.44. The summed E-state index contributed by atoms with van der Waals surface area (Å²) in [5, 5.41) is 9.38. The van der Waals surface area contributed by atoms with Crippen molar-refractivity contribution in [3.05, 3.63) is 0 Å². The van der Waals surface area contributed by atoms with Crippen LogP contribution in [-0.4, -0.2) is 41.4 Å². The van der Waals surface area contributed by atoms with Crippen LogP contribution in [-0.2, 0) is 14.2 Å². The van der Waals surface area contributed by atoms with E-state index in [0.29, 0.717) is 17.8 Å². The second kappa shape index (κ2) is 6.39. The first-order valence-electron chi connectivity index (χ1n) is 8.78. The van der Waals surface area contributed by atoms with Crippen molar-refractivity contribution in [1.29, 1.82) is 0 Å². The predicted molar refractivity (Wildman–Crippen MR) is 86.6 cm³/mol. The molecular formula is C18H34O4. The number of ether oxygens (including phenoxy) is 3. The highest BCUT2D eigenvalue weighted by atomic mass is 16.7. The van der Waals surface area contributed by atoms with Crippen molar-refractivity contribution in [1.82, 2.24) is 0 Å². The van der Waals surface area contributed by atoms with Gasteiger partial charge in [0.1, 0.15) is 5.60 Å². The Bertz CT molecular complexity index is 383. The number of aliphatic hydroxyl groups is 1. The molecule has 0 aromatic heterocycles.